The topological polar surface area (TPSA) is 97.2 Å². The lowest BCUT2D eigenvalue weighted by Gasteiger charge is -2.35. The van der Waals surface area contributed by atoms with E-state index in [2.05, 4.69) is 9.97 Å². The Bertz CT molecular complexity index is 1360. The van der Waals surface area contributed by atoms with E-state index in [1.807, 2.05) is 44.2 Å². The molecule has 2 aliphatic rings. The van der Waals surface area contributed by atoms with Crippen LogP contribution in [0.1, 0.15) is 42.7 Å². The van der Waals surface area contributed by atoms with Crippen LogP contribution in [0.25, 0.3) is 10.9 Å². The second-order valence-electron chi connectivity index (χ2n) is 9.55. The van der Waals surface area contributed by atoms with Crippen molar-refractivity contribution in [1.82, 2.24) is 19.9 Å². The van der Waals surface area contributed by atoms with Gasteiger partial charge in [-0.1, -0.05) is 0 Å². The monoisotopic (exact) mass is 487 g/mol. The van der Waals surface area contributed by atoms with Crippen LogP contribution in [-0.4, -0.2) is 70.8 Å². The average molecular weight is 488 g/mol. The Hall–Kier alpha value is -4.01. The number of rotatable bonds is 5. The largest absolute Gasteiger partial charge is 0.493 e. The molecule has 0 N–H and O–H groups in total. The molecule has 0 aliphatic carbocycles. The number of hydrogen-bond acceptors (Lipinski definition) is 7. The Labute approximate surface area is 209 Å². The van der Waals surface area contributed by atoms with Gasteiger partial charge in [-0.05, 0) is 63.1 Å². The third-order valence-corrected chi connectivity index (χ3v) is 7.03. The SMILES string of the molecule is COc1ccc(C2=NN(C3CCN(C(=O)c4nccc5ncccc45)CC3)C(=O)C2(C)C)cc1OC. The first-order valence-electron chi connectivity index (χ1n) is 12.0. The van der Waals surface area contributed by atoms with Crippen LogP contribution >= 0.6 is 0 Å². The predicted octanol–water partition coefficient (Wildman–Crippen LogP) is 3.52. The molecule has 1 aromatic carbocycles. The summed E-state index contributed by atoms with van der Waals surface area (Å²) in [4.78, 5) is 37.2. The summed E-state index contributed by atoms with van der Waals surface area (Å²) in [6, 6.07) is 11.0. The molecular weight excluding hydrogens is 458 g/mol. The average Bonchev–Trinajstić information content (AvgIpc) is 3.16. The van der Waals surface area contributed by atoms with E-state index in [4.69, 9.17) is 14.6 Å². The van der Waals surface area contributed by atoms with Crippen LogP contribution in [-0.2, 0) is 4.79 Å². The number of methoxy groups -OCH3 is 2. The van der Waals surface area contributed by atoms with E-state index in [9.17, 15) is 9.59 Å². The molecule has 0 unspecified atom stereocenters. The fourth-order valence-electron chi connectivity index (χ4n) is 4.95. The quantitative estimate of drug-likeness (QED) is 0.546. The first-order valence-corrected chi connectivity index (χ1v) is 12.0. The van der Waals surface area contributed by atoms with E-state index >= 15 is 0 Å². The summed E-state index contributed by atoms with van der Waals surface area (Å²) in [6.07, 6.45) is 4.59. The second-order valence-corrected chi connectivity index (χ2v) is 9.55. The van der Waals surface area contributed by atoms with E-state index in [0.717, 1.165) is 16.5 Å². The van der Waals surface area contributed by atoms with Crippen LogP contribution in [0.5, 0.6) is 11.5 Å². The molecule has 0 bridgehead atoms. The maximum absolute atomic E-state index is 13.4. The smallest absolute Gasteiger partial charge is 0.273 e. The van der Waals surface area contributed by atoms with Gasteiger partial charge >= 0.3 is 0 Å². The maximum atomic E-state index is 13.4. The summed E-state index contributed by atoms with van der Waals surface area (Å²) in [5.74, 6) is 1.05. The lowest BCUT2D eigenvalue weighted by molar-refractivity contribution is -0.137. The summed E-state index contributed by atoms with van der Waals surface area (Å²) < 4.78 is 10.8. The first kappa shape index (κ1) is 23.7. The van der Waals surface area contributed by atoms with Crippen LogP contribution in [0.3, 0.4) is 0 Å². The molecule has 2 aliphatic heterocycles. The number of ether oxygens (including phenoxy) is 2. The van der Waals surface area contributed by atoms with Crippen molar-refractivity contribution in [3.05, 3.63) is 60.0 Å². The van der Waals surface area contributed by atoms with E-state index < -0.39 is 5.41 Å². The molecule has 9 nitrogen and oxygen atoms in total. The number of pyridine rings is 2. The number of nitrogens with zero attached hydrogens (tertiary/aromatic N) is 5. The predicted molar refractivity (Wildman–Crippen MR) is 135 cm³/mol. The molecule has 1 fully saturated rings. The van der Waals surface area contributed by atoms with Gasteiger partial charge in [0.05, 0.1) is 36.9 Å². The number of aromatic nitrogens is 2. The minimum absolute atomic E-state index is 0.0427. The highest BCUT2D eigenvalue weighted by molar-refractivity contribution is 6.19. The van der Waals surface area contributed by atoms with Crippen molar-refractivity contribution in [1.29, 1.82) is 0 Å². The maximum Gasteiger partial charge on any atom is 0.273 e. The molecule has 0 spiro atoms. The Morgan fingerprint density at radius 1 is 1.00 bits per heavy atom. The standard InChI is InChI=1S/C27H29N5O4/c1-27(2)24(17-7-8-21(35-3)22(16-17)36-4)30-32(26(27)34)18-10-14-31(15-11-18)25(33)23-19-6-5-12-28-20(19)9-13-29-23/h5-9,12-13,16,18H,10-11,14-15H2,1-4H3. The highest BCUT2D eigenvalue weighted by atomic mass is 16.5. The zero-order valence-corrected chi connectivity index (χ0v) is 20.9. The molecule has 36 heavy (non-hydrogen) atoms. The molecule has 2 amide bonds. The Balaban J connectivity index is 1.34. The summed E-state index contributed by atoms with van der Waals surface area (Å²) in [5, 5.41) is 7.16. The first-order chi connectivity index (χ1) is 17.3. The molecular formula is C27H29N5O4. The summed E-state index contributed by atoms with van der Waals surface area (Å²) in [7, 11) is 3.17. The summed E-state index contributed by atoms with van der Waals surface area (Å²) >= 11 is 0. The minimum Gasteiger partial charge on any atom is -0.493 e. The number of likely N-dealkylation sites (tertiary alicyclic amines) is 1. The van der Waals surface area contributed by atoms with Gasteiger partial charge in [0, 0.05) is 36.4 Å². The van der Waals surface area contributed by atoms with Crippen molar-refractivity contribution in [2.45, 2.75) is 32.7 Å². The fraction of sp³-hybridized carbons (Fsp3) is 0.370. The van der Waals surface area contributed by atoms with Gasteiger partial charge in [-0.3, -0.25) is 19.6 Å². The zero-order valence-electron chi connectivity index (χ0n) is 20.9. The third-order valence-electron chi connectivity index (χ3n) is 7.03. The molecule has 0 radical (unpaired) electrons. The van der Waals surface area contributed by atoms with Gasteiger partial charge < -0.3 is 14.4 Å². The number of carbonyl (C=O) groups is 2. The molecule has 1 saturated heterocycles. The van der Waals surface area contributed by atoms with Gasteiger partial charge in [0.25, 0.3) is 11.8 Å². The Kier molecular flexibility index (Phi) is 6.07. The lowest BCUT2D eigenvalue weighted by atomic mass is 9.83. The molecule has 4 heterocycles. The van der Waals surface area contributed by atoms with E-state index in [1.54, 1.807) is 42.6 Å². The van der Waals surface area contributed by atoms with Crippen LogP contribution < -0.4 is 9.47 Å². The van der Waals surface area contributed by atoms with Crippen LogP contribution in [0.15, 0.2) is 53.9 Å². The van der Waals surface area contributed by atoms with Gasteiger partial charge in [-0.25, -0.2) is 5.01 Å². The molecule has 3 aromatic rings. The van der Waals surface area contributed by atoms with Crippen molar-refractivity contribution in [2.24, 2.45) is 10.5 Å². The third kappa shape index (κ3) is 3.94. The fourth-order valence-corrected chi connectivity index (χ4v) is 4.95. The number of hydrazone groups is 1. The van der Waals surface area contributed by atoms with Crippen LogP contribution in [0, 0.1) is 5.41 Å². The van der Waals surface area contributed by atoms with Crippen molar-refractivity contribution in [2.75, 3.05) is 27.3 Å². The van der Waals surface area contributed by atoms with Gasteiger partial charge in [-0.15, -0.1) is 0 Å². The van der Waals surface area contributed by atoms with Crippen molar-refractivity contribution < 1.29 is 19.1 Å². The van der Waals surface area contributed by atoms with Crippen molar-refractivity contribution >= 4 is 28.4 Å². The Morgan fingerprint density at radius 2 is 1.75 bits per heavy atom. The summed E-state index contributed by atoms with van der Waals surface area (Å²) in [6.45, 7) is 4.83. The van der Waals surface area contributed by atoms with E-state index in [-0.39, 0.29) is 17.9 Å². The number of carbonyl (C=O) groups excluding carboxylic acids is 2. The van der Waals surface area contributed by atoms with Gasteiger partial charge in [-0.2, -0.15) is 5.10 Å². The Morgan fingerprint density at radius 3 is 2.47 bits per heavy atom. The molecule has 0 atom stereocenters. The number of hydrogen-bond donors (Lipinski definition) is 0. The summed E-state index contributed by atoms with van der Waals surface area (Å²) in [5.41, 5.74) is 1.88. The molecule has 0 saturated carbocycles. The van der Waals surface area contributed by atoms with Crippen LogP contribution in [0.4, 0.5) is 0 Å². The van der Waals surface area contributed by atoms with Crippen molar-refractivity contribution in [3.8, 4) is 11.5 Å². The lowest BCUT2D eigenvalue weighted by Crippen LogP contribution is -2.47. The molecule has 5 rings (SSSR count). The van der Waals surface area contributed by atoms with Gasteiger partial charge in [0.15, 0.2) is 11.5 Å². The van der Waals surface area contributed by atoms with Gasteiger partial charge in [0.1, 0.15) is 5.69 Å². The number of benzene rings is 1. The van der Waals surface area contributed by atoms with Gasteiger partial charge in [0.2, 0.25) is 0 Å². The number of fused-ring (bicyclic) bond motifs is 1. The van der Waals surface area contributed by atoms with Crippen molar-refractivity contribution in [3.63, 3.8) is 0 Å². The normalized spacial score (nSPS) is 17.9. The highest BCUT2D eigenvalue weighted by Gasteiger charge is 2.47. The van der Waals surface area contributed by atoms with E-state index in [1.165, 1.54) is 0 Å². The van der Waals surface area contributed by atoms with E-state index in [0.29, 0.717) is 48.8 Å². The molecule has 186 valence electrons. The second kappa shape index (κ2) is 9.22. The molecule has 2 aromatic heterocycles. The molecule has 9 heteroatoms. The highest BCUT2D eigenvalue weighted by Crippen LogP contribution is 2.37. The van der Waals surface area contributed by atoms with Crippen LogP contribution in [0.2, 0.25) is 0 Å². The number of piperidine rings is 1. The number of amides is 2. The minimum atomic E-state index is -0.785. The zero-order chi connectivity index (χ0) is 25.4.